The first-order valence-electron chi connectivity index (χ1n) is 14.0. The van der Waals surface area contributed by atoms with Crippen molar-refractivity contribution in [2.24, 2.45) is 11.8 Å². The number of aromatic nitrogens is 4. The summed E-state index contributed by atoms with van der Waals surface area (Å²) in [5.41, 5.74) is 3.01. The standard InChI is InChI=1S/C15H19N3O.C8H15NO2.C7H6N2/c1-2-4-11-7-14(19)18(9-11)10-12-8-17-15-13(12)5-3-6-16-15;1-2-3-7-4-8(11)9(5-7)6-10;1-2-6-3-5-9-7(6)8-4-1/h3,5-6,8,11H,2,4,7,9-10H2,1H3,(H,16,17);7,10H,2-6H2,1H3;1-5H,(H,8,9). The van der Waals surface area contributed by atoms with Crippen LogP contribution in [0.5, 0.6) is 0 Å². The number of aromatic amines is 2. The number of pyridine rings is 2. The number of H-pyrrole nitrogens is 2. The monoisotopic (exact) mass is 532 g/mol. The molecule has 6 rings (SSSR count). The summed E-state index contributed by atoms with van der Waals surface area (Å²) in [4.78, 5) is 41.1. The number of aliphatic hydroxyl groups excluding tert-OH is 1. The molecule has 2 aliphatic rings. The smallest absolute Gasteiger partial charge is 0.224 e. The number of nitrogens with zero attached hydrogens (tertiary/aromatic N) is 4. The van der Waals surface area contributed by atoms with Crippen molar-refractivity contribution in [3.63, 3.8) is 0 Å². The molecule has 6 heterocycles. The molecule has 0 bridgehead atoms. The molecular weight excluding hydrogens is 492 g/mol. The van der Waals surface area contributed by atoms with Crippen LogP contribution in [0.25, 0.3) is 22.1 Å². The molecule has 3 N–H and O–H groups in total. The van der Waals surface area contributed by atoms with Crippen molar-refractivity contribution in [1.29, 1.82) is 0 Å². The highest BCUT2D eigenvalue weighted by molar-refractivity contribution is 5.82. The minimum absolute atomic E-state index is 0.103. The van der Waals surface area contributed by atoms with Gasteiger partial charge < -0.3 is 24.9 Å². The van der Waals surface area contributed by atoms with Crippen LogP contribution in [0.1, 0.15) is 57.9 Å². The van der Waals surface area contributed by atoms with Crippen molar-refractivity contribution < 1.29 is 14.7 Å². The van der Waals surface area contributed by atoms with Crippen molar-refractivity contribution in [3.8, 4) is 0 Å². The molecule has 9 heteroatoms. The summed E-state index contributed by atoms with van der Waals surface area (Å²) in [5.74, 6) is 1.42. The van der Waals surface area contributed by atoms with Gasteiger partial charge in [-0.15, -0.1) is 0 Å². The van der Waals surface area contributed by atoms with Crippen LogP contribution in [0.15, 0.2) is 55.1 Å². The third kappa shape index (κ3) is 7.44. The molecule has 4 aromatic heterocycles. The van der Waals surface area contributed by atoms with Crippen LogP contribution in [0.4, 0.5) is 0 Å². The molecule has 0 aliphatic carbocycles. The van der Waals surface area contributed by atoms with E-state index in [4.69, 9.17) is 5.11 Å². The lowest BCUT2D eigenvalue weighted by molar-refractivity contribution is -0.130. The van der Waals surface area contributed by atoms with E-state index in [1.807, 2.05) is 41.6 Å². The third-order valence-electron chi connectivity index (χ3n) is 7.37. The first-order chi connectivity index (χ1) is 19.0. The first-order valence-corrected chi connectivity index (χ1v) is 14.0. The number of carbonyl (C=O) groups is 2. The molecule has 0 spiro atoms. The Labute approximate surface area is 229 Å². The van der Waals surface area contributed by atoms with Crippen LogP contribution in [0.2, 0.25) is 0 Å². The lowest BCUT2D eigenvalue weighted by atomic mass is 10.0. The Morgan fingerprint density at radius 2 is 1.51 bits per heavy atom. The van der Waals surface area contributed by atoms with Gasteiger partial charge in [0.25, 0.3) is 0 Å². The number of hydrogen-bond donors (Lipinski definition) is 3. The van der Waals surface area contributed by atoms with E-state index in [1.165, 1.54) is 4.90 Å². The Morgan fingerprint density at radius 3 is 2.15 bits per heavy atom. The van der Waals surface area contributed by atoms with E-state index < -0.39 is 0 Å². The quantitative estimate of drug-likeness (QED) is 0.314. The van der Waals surface area contributed by atoms with Crippen LogP contribution >= 0.6 is 0 Å². The number of carbonyl (C=O) groups excluding carboxylic acids is 2. The summed E-state index contributed by atoms with van der Waals surface area (Å²) in [6, 6.07) is 9.95. The molecule has 4 aromatic rings. The summed E-state index contributed by atoms with van der Waals surface area (Å²) in [6.07, 6.45) is 13.3. The van der Waals surface area contributed by atoms with Crippen LogP contribution in [-0.4, -0.2) is 66.5 Å². The van der Waals surface area contributed by atoms with Crippen molar-refractivity contribution in [3.05, 3.63) is 60.7 Å². The number of amides is 2. The highest BCUT2D eigenvalue weighted by Gasteiger charge is 2.29. The SMILES string of the molecule is CCCC1CC(=O)N(CO)C1.CCCC1CC(=O)N(Cc2c[nH]c3ncccc23)C1.c1cnc2[nH]ccc2c1. The molecular formula is C30H40N6O3. The highest BCUT2D eigenvalue weighted by Crippen LogP contribution is 2.26. The largest absolute Gasteiger partial charge is 0.376 e. The number of rotatable bonds is 7. The van der Waals surface area contributed by atoms with Gasteiger partial charge in [-0.1, -0.05) is 26.7 Å². The fraction of sp³-hybridized carbons (Fsp3) is 0.467. The minimum Gasteiger partial charge on any atom is -0.376 e. The summed E-state index contributed by atoms with van der Waals surface area (Å²) >= 11 is 0. The second-order valence-corrected chi connectivity index (χ2v) is 10.4. The molecule has 39 heavy (non-hydrogen) atoms. The van der Waals surface area contributed by atoms with Crippen LogP contribution in [-0.2, 0) is 16.1 Å². The van der Waals surface area contributed by atoms with Gasteiger partial charge in [0, 0.05) is 68.0 Å². The van der Waals surface area contributed by atoms with Gasteiger partial charge in [-0.05, 0) is 60.6 Å². The van der Waals surface area contributed by atoms with Gasteiger partial charge in [0.15, 0.2) is 0 Å². The van der Waals surface area contributed by atoms with Gasteiger partial charge in [-0.25, -0.2) is 9.97 Å². The first kappa shape index (κ1) is 28.3. The van der Waals surface area contributed by atoms with E-state index in [-0.39, 0.29) is 18.5 Å². The molecule has 0 saturated carbocycles. The van der Waals surface area contributed by atoms with Crippen molar-refractivity contribution in [2.45, 2.75) is 58.9 Å². The molecule has 208 valence electrons. The fourth-order valence-corrected chi connectivity index (χ4v) is 5.43. The normalized spacial score (nSPS) is 18.8. The Morgan fingerprint density at radius 1 is 0.872 bits per heavy atom. The second kappa shape index (κ2) is 13.9. The maximum atomic E-state index is 12.0. The second-order valence-electron chi connectivity index (χ2n) is 10.4. The van der Waals surface area contributed by atoms with Gasteiger partial charge in [0.1, 0.15) is 18.0 Å². The number of likely N-dealkylation sites (tertiary alicyclic amines) is 2. The molecule has 2 amide bonds. The zero-order chi connectivity index (χ0) is 27.6. The zero-order valence-corrected chi connectivity index (χ0v) is 23.0. The van der Waals surface area contributed by atoms with Gasteiger partial charge in [-0.3, -0.25) is 9.59 Å². The molecule has 2 atom stereocenters. The maximum Gasteiger partial charge on any atom is 0.224 e. The number of nitrogens with one attached hydrogen (secondary N) is 2. The molecule has 2 fully saturated rings. The van der Waals surface area contributed by atoms with Crippen molar-refractivity contribution in [1.82, 2.24) is 29.7 Å². The van der Waals surface area contributed by atoms with E-state index in [1.54, 1.807) is 12.4 Å². The molecule has 0 radical (unpaired) electrons. The van der Waals surface area contributed by atoms with Crippen LogP contribution < -0.4 is 0 Å². The molecule has 9 nitrogen and oxygen atoms in total. The Bertz CT molecular complexity index is 1320. The van der Waals surface area contributed by atoms with E-state index in [0.29, 0.717) is 31.2 Å². The predicted molar refractivity (Wildman–Crippen MR) is 152 cm³/mol. The van der Waals surface area contributed by atoms with Gasteiger partial charge in [-0.2, -0.15) is 0 Å². The Kier molecular flexibility index (Phi) is 10.1. The zero-order valence-electron chi connectivity index (χ0n) is 23.0. The van der Waals surface area contributed by atoms with Crippen molar-refractivity contribution in [2.75, 3.05) is 19.8 Å². The van der Waals surface area contributed by atoms with Crippen LogP contribution in [0.3, 0.4) is 0 Å². The van der Waals surface area contributed by atoms with Crippen LogP contribution in [0, 0.1) is 11.8 Å². The van der Waals surface area contributed by atoms with Gasteiger partial charge in [0.2, 0.25) is 11.8 Å². The van der Waals surface area contributed by atoms with Gasteiger partial charge >= 0.3 is 0 Å². The van der Waals surface area contributed by atoms with E-state index in [0.717, 1.165) is 66.4 Å². The molecule has 0 aromatic carbocycles. The number of fused-ring (bicyclic) bond motifs is 2. The lowest BCUT2D eigenvalue weighted by Crippen LogP contribution is -2.25. The maximum absolute atomic E-state index is 12.0. The topological polar surface area (TPSA) is 118 Å². The summed E-state index contributed by atoms with van der Waals surface area (Å²) in [7, 11) is 0. The fourth-order valence-electron chi connectivity index (χ4n) is 5.43. The average Bonchev–Trinajstić information content (AvgIpc) is 3.73. The number of hydrogen-bond acceptors (Lipinski definition) is 5. The van der Waals surface area contributed by atoms with E-state index in [2.05, 4.69) is 39.8 Å². The molecule has 2 aliphatic heterocycles. The van der Waals surface area contributed by atoms with Gasteiger partial charge in [0.05, 0.1) is 0 Å². The average molecular weight is 533 g/mol. The molecule has 2 saturated heterocycles. The highest BCUT2D eigenvalue weighted by atomic mass is 16.3. The minimum atomic E-state index is -0.112. The number of aliphatic hydroxyl groups is 1. The van der Waals surface area contributed by atoms with E-state index in [9.17, 15) is 9.59 Å². The van der Waals surface area contributed by atoms with E-state index >= 15 is 0 Å². The summed E-state index contributed by atoms with van der Waals surface area (Å²) in [6.45, 7) is 6.54. The predicted octanol–water partition coefficient (Wildman–Crippen LogP) is 4.86. The summed E-state index contributed by atoms with van der Waals surface area (Å²) in [5, 5.41) is 11.0. The molecule has 2 unspecified atom stereocenters. The lowest BCUT2D eigenvalue weighted by Gasteiger charge is -2.16. The Hall–Kier alpha value is -3.72. The Balaban J connectivity index is 0.000000149. The summed E-state index contributed by atoms with van der Waals surface area (Å²) < 4.78 is 0. The third-order valence-corrected chi connectivity index (χ3v) is 7.37. The van der Waals surface area contributed by atoms with Crippen molar-refractivity contribution >= 4 is 33.9 Å².